The number of halogens is 2. The minimum atomic E-state index is -0.216. The van der Waals surface area contributed by atoms with Crippen LogP contribution in [0.25, 0.3) is 5.57 Å². The van der Waals surface area contributed by atoms with Crippen LogP contribution in [0.3, 0.4) is 0 Å². The van der Waals surface area contributed by atoms with Crippen molar-refractivity contribution in [2.24, 2.45) is 0 Å². The summed E-state index contributed by atoms with van der Waals surface area (Å²) in [5, 5.41) is 4.35. The van der Waals surface area contributed by atoms with E-state index in [4.69, 9.17) is 38.4 Å². The first-order valence-electron chi connectivity index (χ1n) is 8.38. The van der Waals surface area contributed by atoms with Gasteiger partial charge in [0.1, 0.15) is 5.82 Å². The molecule has 0 aromatic carbocycles. The lowest BCUT2D eigenvalue weighted by atomic mass is 9.94. The summed E-state index contributed by atoms with van der Waals surface area (Å²) >= 11 is 12.6. The van der Waals surface area contributed by atoms with Gasteiger partial charge in [-0.2, -0.15) is 0 Å². The maximum absolute atomic E-state index is 6.40. The van der Waals surface area contributed by atoms with E-state index in [1.807, 2.05) is 13.0 Å². The third-order valence-corrected chi connectivity index (χ3v) is 5.25. The minimum absolute atomic E-state index is 0.216. The van der Waals surface area contributed by atoms with Crippen molar-refractivity contribution in [1.82, 2.24) is 10.3 Å². The summed E-state index contributed by atoms with van der Waals surface area (Å²) in [5.41, 5.74) is 7.83. The fourth-order valence-electron chi connectivity index (χ4n) is 2.70. The number of rotatable bonds is 7. The molecule has 1 saturated heterocycles. The number of nitrogens with two attached hydrogens (primary N) is 1. The molecule has 1 aromatic rings. The van der Waals surface area contributed by atoms with E-state index in [1.165, 1.54) is 6.20 Å². The number of ether oxygens (including phenoxy) is 2. The molecule has 0 unspecified atom stereocenters. The molecule has 26 heavy (non-hydrogen) atoms. The summed E-state index contributed by atoms with van der Waals surface area (Å²) in [4.78, 5) is 3.96. The lowest BCUT2D eigenvalue weighted by molar-refractivity contribution is -0.0863. The molecule has 0 amide bonds. The van der Waals surface area contributed by atoms with Crippen LogP contribution in [0.1, 0.15) is 25.3 Å². The van der Waals surface area contributed by atoms with E-state index in [0.29, 0.717) is 35.6 Å². The molecule has 1 aromatic heterocycles. The Labute approximate surface area is 164 Å². The first-order chi connectivity index (χ1) is 12.4. The Morgan fingerprint density at radius 3 is 2.81 bits per heavy atom. The quantitative estimate of drug-likeness (QED) is 0.676. The Balaban J connectivity index is 2.01. The van der Waals surface area contributed by atoms with Gasteiger partial charge in [0, 0.05) is 62.2 Å². The molecule has 1 aliphatic rings. The summed E-state index contributed by atoms with van der Waals surface area (Å²) in [7, 11) is 1.73. The van der Waals surface area contributed by atoms with E-state index in [0.717, 1.165) is 29.7 Å². The molecule has 2 rings (SSSR count). The second-order valence-electron chi connectivity index (χ2n) is 6.27. The predicted octanol–water partition coefficient (Wildman–Crippen LogP) is 4.14. The predicted molar refractivity (Wildman–Crippen MR) is 108 cm³/mol. The van der Waals surface area contributed by atoms with Gasteiger partial charge in [-0.05, 0) is 30.7 Å². The summed E-state index contributed by atoms with van der Waals surface area (Å²) in [6, 6.07) is 1.70. The molecule has 0 radical (unpaired) electrons. The molecule has 0 aliphatic carbocycles. The van der Waals surface area contributed by atoms with Gasteiger partial charge in [0.2, 0.25) is 0 Å². The molecule has 0 bridgehead atoms. The molecular weight excluding hydrogens is 373 g/mol. The highest BCUT2D eigenvalue weighted by Crippen LogP contribution is 2.29. The molecule has 0 saturated carbocycles. The molecule has 2 heterocycles. The normalized spacial score (nSPS) is 17.8. The van der Waals surface area contributed by atoms with Gasteiger partial charge >= 0.3 is 0 Å². The van der Waals surface area contributed by atoms with E-state index >= 15 is 0 Å². The molecular formula is C19H25Cl2N3O2. The Kier molecular flexibility index (Phi) is 7.53. The zero-order valence-electron chi connectivity index (χ0n) is 15.1. The van der Waals surface area contributed by atoms with Crippen molar-refractivity contribution >= 4 is 34.6 Å². The van der Waals surface area contributed by atoms with Crippen molar-refractivity contribution in [2.45, 2.75) is 25.4 Å². The maximum atomic E-state index is 6.40. The SMILES string of the molecule is C=C(/C=C\C(Cl)=C(/C)c1cc(N)ncc1Cl)NCC1(OC)CCOCC1. The number of hydrogen-bond acceptors (Lipinski definition) is 5. The average Bonchev–Trinajstić information content (AvgIpc) is 2.66. The van der Waals surface area contributed by atoms with Gasteiger partial charge in [0.15, 0.2) is 0 Å². The van der Waals surface area contributed by atoms with Gasteiger partial charge in [-0.1, -0.05) is 29.8 Å². The number of nitrogens with zero attached hydrogens (tertiary/aromatic N) is 1. The van der Waals surface area contributed by atoms with Crippen LogP contribution in [-0.2, 0) is 9.47 Å². The van der Waals surface area contributed by atoms with Crippen LogP contribution in [-0.4, -0.2) is 37.5 Å². The Morgan fingerprint density at radius 2 is 2.15 bits per heavy atom. The first kappa shape index (κ1) is 20.8. The van der Waals surface area contributed by atoms with Gasteiger partial charge in [-0.3, -0.25) is 0 Å². The van der Waals surface area contributed by atoms with E-state index in [-0.39, 0.29) is 5.60 Å². The van der Waals surface area contributed by atoms with Gasteiger partial charge in [0.25, 0.3) is 0 Å². The highest BCUT2D eigenvalue weighted by molar-refractivity contribution is 6.36. The molecule has 7 heteroatoms. The number of anilines is 1. The summed E-state index contributed by atoms with van der Waals surface area (Å²) in [6.07, 6.45) is 6.84. The second-order valence-corrected chi connectivity index (χ2v) is 7.09. The van der Waals surface area contributed by atoms with Crippen LogP contribution in [0.2, 0.25) is 5.02 Å². The Morgan fingerprint density at radius 1 is 1.46 bits per heavy atom. The maximum Gasteiger partial charge on any atom is 0.123 e. The Hall–Kier alpha value is -1.53. The van der Waals surface area contributed by atoms with E-state index in [1.54, 1.807) is 19.3 Å². The van der Waals surface area contributed by atoms with Gasteiger partial charge in [0.05, 0.1) is 10.6 Å². The third-order valence-electron chi connectivity index (χ3n) is 4.54. The standard InChI is InChI=1S/C19H25Cl2N3O2/c1-13(24-12-19(25-3)6-8-26-9-7-19)4-5-16(20)14(2)15-10-18(22)23-11-17(15)21/h4-5,10-11,24H,1,6-9,12H2,2-3H3,(H2,22,23)/b5-4-,16-14-. The first-order valence-corrected chi connectivity index (χ1v) is 9.14. The molecule has 1 fully saturated rings. The molecule has 142 valence electrons. The van der Waals surface area contributed by atoms with Crippen molar-refractivity contribution in [3.63, 3.8) is 0 Å². The smallest absolute Gasteiger partial charge is 0.123 e. The largest absolute Gasteiger partial charge is 0.384 e. The number of pyridine rings is 1. The van der Waals surface area contributed by atoms with E-state index in [9.17, 15) is 0 Å². The van der Waals surface area contributed by atoms with Crippen LogP contribution in [0.4, 0.5) is 5.82 Å². The van der Waals surface area contributed by atoms with Crippen molar-refractivity contribution in [1.29, 1.82) is 0 Å². The van der Waals surface area contributed by atoms with Crippen molar-refractivity contribution in [2.75, 3.05) is 32.6 Å². The van der Waals surface area contributed by atoms with Crippen molar-refractivity contribution in [3.05, 3.63) is 52.3 Å². The fourth-order valence-corrected chi connectivity index (χ4v) is 3.11. The van der Waals surface area contributed by atoms with Crippen LogP contribution >= 0.6 is 23.2 Å². The van der Waals surface area contributed by atoms with Gasteiger partial charge in [-0.15, -0.1) is 0 Å². The molecule has 0 spiro atoms. The number of methoxy groups -OCH3 is 1. The molecule has 3 N–H and O–H groups in total. The van der Waals surface area contributed by atoms with Crippen LogP contribution < -0.4 is 11.1 Å². The fraction of sp³-hybridized carbons (Fsp3) is 0.421. The van der Waals surface area contributed by atoms with E-state index in [2.05, 4.69) is 16.9 Å². The van der Waals surface area contributed by atoms with Crippen LogP contribution in [0.15, 0.2) is 41.7 Å². The third kappa shape index (κ3) is 5.48. The number of aromatic nitrogens is 1. The molecule has 5 nitrogen and oxygen atoms in total. The number of nitrogens with one attached hydrogen (secondary N) is 1. The van der Waals surface area contributed by atoms with Crippen molar-refractivity contribution in [3.8, 4) is 0 Å². The molecule has 0 atom stereocenters. The lowest BCUT2D eigenvalue weighted by Gasteiger charge is -2.36. The number of hydrogen-bond donors (Lipinski definition) is 2. The topological polar surface area (TPSA) is 69.4 Å². The van der Waals surface area contributed by atoms with Gasteiger partial charge < -0.3 is 20.5 Å². The van der Waals surface area contributed by atoms with Crippen LogP contribution in [0, 0.1) is 0 Å². The van der Waals surface area contributed by atoms with Gasteiger partial charge in [-0.25, -0.2) is 4.98 Å². The minimum Gasteiger partial charge on any atom is -0.384 e. The highest BCUT2D eigenvalue weighted by Gasteiger charge is 2.32. The Bertz CT molecular complexity index is 711. The second kappa shape index (κ2) is 9.42. The summed E-state index contributed by atoms with van der Waals surface area (Å²) < 4.78 is 11.1. The van der Waals surface area contributed by atoms with Crippen LogP contribution in [0.5, 0.6) is 0 Å². The summed E-state index contributed by atoms with van der Waals surface area (Å²) in [6.45, 7) is 7.99. The summed E-state index contributed by atoms with van der Waals surface area (Å²) in [5.74, 6) is 0.393. The number of nitrogen functional groups attached to an aromatic ring is 1. The highest BCUT2D eigenvalue weighted by atomic mass is 35.5. The average molecular weight is 398 g/mol. The van der Waals surface area contributed by atoms with E-state index < -0.39 is 0 Å². The zero-order valence-corrected chi connectivity index (χ0v) is 16.7. The monoisotopic (exact) mass is 397 g/mol. The zero-order chi connectivity index (χ0) is 19.2. The molecule has 1 aliphatic heterocycles. The van der Waals surface area contributed by atoms with Crippen molar-refractivity contribution < 1.29 is 9.47 Å². The lowest BCUT2D eigenvalue weighted by Crippen LogP contribution is -2.46. The number of allylic oxidation sites excluding steroid dienone is 4.